The highest BCUT2D eigenvalue weighted by Crippen LogP contribution is 2.35. The number of hydrogen-bond donors (Lipinski definition) is 0. The molecule has 0 amide bonds. The first-order valence-corrected chi connectivity index (χ1v) is 17.1. The molecule has 1 aromatic carbocycles. The monoisotopic (exact) mass is 532 g/mol. The molecule has 0 bridgehead atoms. The molecule has 2 nitrogen and oxygen atoms in total. The van der Waals surface area contributed by atoms with Gasteiger partial charge in [0.25, 0.3) is 0 Å². The lowest BCUT2D eigenvalue weighted by atomic mass is 9.77. The van der Waals surface area contributed by atoms with Crippen molar-refractivity contribution in [1.82, 2.24) is 9.97 Å². The first kappa shape index (κ1) is 31.8. The van der Waals surface area contributed by atoms with Crippen molar-refractivity contribution in [2.45, 2.75) is 162 Å². The van der Waals surface area contributed by atoms with Gasteiger partial charge in [0, 0.05) is 24.4 Å². The number of nitrogens with zero attached hydrogens (tertiary/aromatic N) is 2. The Morgan fingerprint density at radius 2 is 1.13 bits per heavy atom. The molecule has 0 unspecified atom stereocenters. The highest BCUT2D eigenvalue weighted by Gasteiger charge is 2.21. The Bertz CT molecular complexity index is 879. The predicted molar refractivity (Wildman–Crippen MR) is 170 cm³/mol. The topological polar surface area (TPSA) is 25.8 Å². The Morgan fingerprint density at radius 3 is 1.72 bits per heavy atom. The Kier molecular flexibility index (Phi) is 15.8. The van der Waals surface area contributed by atoms with Gasteiger partial charge in [0.05, 0.1) is 0 Å². The van der Waals surface area contributed by atoms with Crippen molar-refractivity contribution in [3.05, 3.63) is 47.5 Å². The van der Waals surface area contributed by atoms with E-state index in [1.54, 1.807) is 0 Å². The second-order valence-corrected chi connectivity index (χ2v) is 12.7. The van der Waals surface area contributed by atoms with Crippen LogP contribution in [0.4, 0.5) is 0 Å². The van der Waals surface area contributed by atoms with Gasteiger partial charge in [-0.2, -0.15) is 0 Å². The molecule has 1 saturated carbocycles. The Hall–Kier alpha value is -1.70. The van der Waals surface area contributed by atoms with E-state index in [0.29, 0.717) is 0 Å². The summed E-state index contributed by atoms with van der Waals surface area (Å²) in [6, 6.07) is 7.00. The van der Waals surface area contributed by atoms with Crippen LogP contribution in [0.5, 0.6) is 0 Å². The fraction of sp³-hybridized carbons (Fsp3) is 0.730. The molecule has 0 spiro atoms. The zero-order valence-corrected chi connectivity index (χ0v) is 26.0. The van der Waals surface area contributed by atoms with Crippen LogP contribution in [0.1, 0.15) is 159 Å². The van der Waals surface area contributed by atoms with Gasteiger partial charge in [-0.05, 0) is 54.7 Å². The van der Waals surface area contributed by atoms with Crippen molar-refractivity contribution in [1.29, 1.82) is 0 Å². The molecule has 1 aromatic heterocycles. The summed E-state index contributed by atoms with van der Waals surface area (Å²) >= 11 is 0. The van der Waals surface area contributed by atoms with Gasteiger partial charge in [0.1, 0.15) is 5.82 Å². The Balaban J connectivity index is 1.32. The molecule has 3 rings (SSSR count). The number of aryl methyl sites for hydroxylation is 3. The number of hydrogen-bond acceptors (Lipinski definition) is 2. The molecule has 0 radical (unpaired) electrons. The molecule has 1 heterocycles. The number of unbranched alkanes of at least 4 members (excludes halogenated alkanes) is 12. The molecule has 0 atom stereocenters. The molecule has 1 aliphatic rings. The largest absolute Gasteiger partial charge is 0.241 e. The van der Waals surface area contributed by atoms with E-state index in [4.69, 9.17) is 0 Å². The molecule has 2 heteroatoms. The molecule has 1 aliphatic carbocycles. The van der Waals surface area contributed by atoms with Gasteiger partial charge in [0.2, 0.25) is 0 Å². The van der Waals surface area contributed by atoms with Crippen molar-refractivity contribution < 1.29 is 0 Å². The van der Waals surface area contributed by atoms with Gasteiger partial charge < -0.3 is 0 Å². The van der Waals surface area contributed by atoms with Crippen LogP contribution in [0.3, 0.4) is 0 Å². The molecule has 0 aliphatic heterocycles. The minimum absolute atomic E-state index is 0.937. The third-order valence-corrected chi connectivity index (χ3v) is 9.39. The van der Waals surface area contributed by atoms with E-state index in [1.165, 1.54) is 152 Å². The van der Waals surface area contributed by atoms with Gasteiger partial charge in [-0.3, -0.25) is 0 Å². The third kappa shape index (κ3) is 12.6. The van der Waals surface area contributed by atoms with Crippen LogP contribution >= 0.6 is 0 Å². The van der Waals surface area contributed by atoms with Gasteiger partial charge >= 0.3 is 0 Å². The van der Waals surface area contributed by atoms with E-state index < -0.39 is 0 Å². The number of rotatable bonds is 20. The van der Waals surface area contributed by atoms with Crippen LogP contribution in [-0.2, 0) is 12.8 Å². The molecular formula is C37H60N2. The summed E-state index contributed by atoms with van der Waals surface area (Å²) in [5.74, 6) is 2.95. The first-order valence-electron chi connectivity index (χ1n) is 17.1. The van der Waals surface area contributed by atoms with E-state index in [1.807, 2.05) is 12.4 Å². The van der Waals surface area contributed by atoms with E-state index in [9.17, 15) is 0 Å². The molecule has 0 saturated heterocycles. The molecule has 1 fully saturated rings. The Morgan fingerprint density at radius 1 is 0.590 bits per heavy atom. The van der Waals surface area contributed by atoms with E-state index in [-0.39, 0.29) is 0 Å². The summed E-state index contributed by atoms with van der Waals surface area (Å²) in [6.45, 7) is 6.87. The highest BCUT2D eigenvalue weighted by atomic mass is 14.9. The Labute approximate surface area is 242 Å². The van der Waals surface area contributed by atoms with Crippen LogP contribution < -0.4 is 0 Å². The van der Waals surface area contributed by atoms with Crippen molar-refractivity contribution in [3.63, 3.8) is 0 Å². The average molecular weight is 533 g/mol. The lowest BCUT2D eigenvalue weighted by molar-refractivity contribution is 0.248. The predicted octanol–water partition coefficient (Wildman–Crippen LogP) is 11.6. The van der Waals surface area contributed by atoms with Gasteiger partial charge in [-0.1, -0.05) is 148 Å². The zero-order valence-electron chi connectivity index (χ0n) is 26.0. The van der Waals surface area contributed by atoms with E-state index >= 15 is 0 Å². The van der Waals surface area contributed by atoms with E-state index in [2.05, 4.69) is 48.9 Å². The van der Waals surface area contributed by atoms with Crippen molar-refractivity contribution in [2.75, 3.05) is 0 Å². The van der Waals surface area contributed by atoms with Gasteiger partial charge in [-0.25, -0.2) is 9.97 Å². The van der Waals surface area contributed by atoms with Crippen LogP contribution in [-0.4, -0.2) is 9.97 Å². The van der Waals surface area contributed by atoms with Crippen LogP contribution in [0, 0.1) is 18.8 Å². The van der Waals surface area contributed by atoms with E-state index in [0.717, 1.165) is 29.6 Å². The second-order valence-electron chi connectivity index (χ2n) is 12.7. The molecule has 218 valence electrons. The summed E-state index contributed by atoms with van der Waals surface area (Å²) in [5, 5.41) is 0. The second kappa shape index (κ2) is 19.4. The van der Waals surface area contributed by atoms with Crippen LogP contribution in [0.2, 0.25) is 0 Å². The smallest absolute Gasteiger partial charge is 0.128 e. The van der Waals surface area contributed by atoms with Crippen LogP contribution in [0.15, 0.2) is 30.6 Å². The summed E-state index contributed by atoms with van der Waals surface area (Å²) in [4.78, 5) is 9.37. The van der Waals surface area contributed by atoms with Gasteiger partial charge in [0.15, 0.2) is 0 Å². The molecule has 39 heavy (non-hydrogen) atoms. The average Bonchev–Trinajstić information content (AvgIpc) is 2.96. The minimum Gasteiger partial charge on any atom is -0.241 e. The quantitative estimate of drug-likeness (QED) is 0.158. The minimum atomic E-state index is 0.937. The maximum Gasteiger partial charge on any atom is 0.128 e. The van der Waals surface area contributed by atoms with Crippen LogP contribution in [0.25, 0.3) is 11.1 Å². The molecule has 0 N–H and O–H groups in total. The summed E-state index contributed by atoms with van der Waals surface area (Å²) < 4.78 is 0. The van der Waals surface area contributed by atoms with Crippen molar-refractivity contribution in [2.24, 2.45) is 11.8 Å². The van der Waals surface area contributed by atoms with Crippen molar-refractivity contribution in [3.8, 4) is 11.1 Å². The summed E-state index contributed by atoms with van der Waals surface area (Å²) in [7, 11) is 0. The van der Waals surface area contributed by atoms with Gasteiger partial charge in [-0.15, -0.1) is 0 Å². The maximum atomic E-state index is 4.69. The number of aromatic nitrogens is 2. The number of benzene rings is 1. The summed E-state index contributed by atoms with van der Waals surface area (Å²) in [5.41, 5.74) is 5.35. The fourth-order valence-corrected chi connectivity index (χ4v) is 6.59. The maximum absolute atomic E-state index is 4.69. The lowest BCUT2D eigenvalue weighted by Crippen LogP contribution is -2.15. The highest BCUT2D eigenvalue weighted by molar-refractivity contribution is 5.63. The standard InChI is InChI=1S/C37H60N2/c1-4-6-8-10-12-14-16-18-32-20-22-33(23-21-32)24-25-34-26-27-35(28-31(34)3)36-29-38-37(39-30-36)19-17-15-13-11-9-7-5-2/h26-30,32-33H,4-25H2,1-3H3. The normalized spacial score (nSPS) is 17.5. The summed E-state index contributed by atoms with van der Waals surface area (Å²) in [6.07, 6.45) is 34.5. The molecule has 2 aromatic rings. The lowest BCUT2D eigenvalue weighted by Gasteiger charge is -2.28. The third-order valence-electron chi connectivity index (χ3n) is 9.39. The van der Waals surface area contributed by atoms with Crippen molar-refractivity contribution >= 4 is 0 Å². The first-order chi connectivity index (χ1) is 19.2. The SMILES string of the molecule is CCCCCCCCCc1ncc(-c2ccc(CCC3CCC(CCCCCCCCC)CC3)c(C)c2)cn1. The molecular weight excluding hydrogens is 472 g/mol. The zero-order chi connectivity index (χ0) is 27.5. The fourth-order valence-electron chi connectivity index (χ4n) is 6.59.